The minimum atomic E-state index is 0.192. The Kier molecular flexibility index (Phi) is 4.08. The Labute approximate surface area is 115 Å². The predicted molar refractivity (Wildman–Crippen MR) is 73.8 cm³/mol. The van der Waals surface area contributed by atoms with E-state index in [2.05, 4.69) is 17.1 Å². The number of carbonyl (C=O) groups excluding carboxylic acids is 1. The van der Waals surface area contributed by atoms with Crippen LogP contribution in [0.5, 0.6) is 0 Å². The highest BCUT2D eigenvalue weighted by molar-refractivity contribution is 5.78. The van der Waals surface area contributed by atoms with E-state index in [1.165, 1.54) is 25.7 Å². The summed E-state index contributed by atoms with van der Waals surface area (Å²) in [7, 11) is 0. The lowest BCUT2D eigenvalue weighted by Gasteiger charge is -2.30. The largest absolute Gasteiger partial charge is 0.379 e. The average molecular weight is 266 g/mol. The molecule has 0 spiro atoms. The number of hydrogen-bond donors (Lipinski definition) is 1. The van der Waals surface area contributed by atoms with Crippen molar-refractivity contribution in [2.75, 3.05) is 32.8 Å². The molecule has 0 radical (unpaired) electrons. The van der Waals surface area contributed by atoms with Crippen molar-refractivity contribution in [2.45, 2.75) is 38.6 Å². The van der Waals surface area contributed by atoms with E-state index in [-0.39, 0.29) is 5.91 Å². The van der Waals surface area contributed by atoms with Crippen LogP contribution < -0.4 is 5.32 Å². The van der Waals surface area contributed by atoms with Crippen LogP contribution in [0.15, 0.2) is 0 Å². The first-order valence-electron chi connectivity index (χ1n) is 7.82. The van der Waals surface area contributed by atoms with E-state index in [1.807, 2.05) is 0 Å². The van der Waals surface area contributed by atoms with Gasteiger partial charge in [-0.05, 0) is 43.9 Å². The van der Waals surface area contributed by atoms with Crippen LogP contribution >= 0.6 is 0 Å². The van der Waals surface area contributed by atoms with E-state index in [1.54, 1.807) is 0 Å². The highest BCUT2D eigenvalue weighted by Gasteiger charge is 2.42. The number of hydrogen-bond acceptors (Lipinski definition) is 3. The quantitative estimate of drug-likeness (QED) is 0.833. The zero-order chi connectivity index (χ0) is 13.2. The first kappa shape index (κ1) is 13.4. The van der Waals surface area contributed by atoms with Crippen LogP contribution in [0.4, 0.5) is 0 Å². The van der Waals surface area contributed by atoms with Crippen molar-refractivity contribution in [2.24, 2.45) is 17.8 Å². The van der Waals surface area contributed by atoms with Crippen molar-refractivity contribution >= 4 is 5.91 Å². The molecule has 19 heavy (non-hydrogen) atoms. The topological polar surface area (TPSA) is 41.6 Å². The molecule has 108 valence electrons. The molecule has 1 amide bonds. The Hall–Kier alpha value is -0.610. The van der Waals surface area contributed by atoms with Crippen molar-refractivity contribution in [1.82, 2.24) is 10.2 Å². The van der Waals surface area contributed by atoms with Gasteiger partial charge in [0.25, 0.3) is 0 Å². The Bertz CT molecular complexity index is 328. The first-order valence-corrected chi connectivity index (χ1v) is 7.82. The maximum absolute atomic E-state index is 12.1. The molecular formula is C15H26N2O2. The second kappa shape index (κ2) is 5.80. The zero-order valence-electron chi connectivity index (χ0n) is 11.9. The fraction of sp³-hybridized carbons (Fsp3) is 0.933. The van der Waals surface area contributed by atoms with E-state index in [0.717, 1.165) is 44.1 Å². The summed E-state index contributed by atoms with van der Waals surface area (Å²) in [6.07, 6.45) is 5.56. The van der Waals surface area contributed by atoms with Gasteiger partial charge in [0.2, 0.25) is 5.91 Å². The third-order valence-electron chi connectivity index (χ3n) is 5.29. The Morgan fingerprint density at radius 1 is 1.32 bits per heavy atom. The van der Waals surface area contributed by atoms with Gasteiger partial charge in [0, 0.05) is 19.1 Å². The van der Waals surface area contributed by atoms with Gasteiger partial charge in [-0.2, -0.15) is 0 Å². The summed E-state index contributed by atoms with van der Waals surface area (Å²) in [5.41, 5.74) is 0. The molecule has 0 aromatic rings. The SMILES string of the molecule is C[C@@H](NC(=O)CN1CCOCC1)[C@H]1C[C@@H]2CC[C@@H]1C2. The smallest absolute Gasteiger partial charge is 0.234 e. The van der Waals surface area contributed by atoms with Crippen LogP contribution in [0.3, 0.4) is 0 Å². The van der Waals surface area contributed by atoms with Crippen LogP contribution in [0, 0.1) is 17.8 Å². The molecule has 4 atom stereocenters. The predicted octanol–water partition coefficient (Wildman–Crippen LogP) is 1.26. The lowest BCUT2D eigenvalue weighted by atomic mass is 9.84. The third kappa shape index (κ3) is 3.11. The van der Waals surface area contributed by atoms with Gasteiger partial charge in [-0.15, -0.1) is 0 Å². The van der Waals surface area contributed by atoms with Crippen LogP contribution in [0.25, 0.3) is 0 Å². The fourth-order valence-corrected chi connectivity index (χ4v) is 4.28. The van der Waals surface area contributed by atoms with Gasteiger partial charge < -0.3 is 10.1 Å². The third-order valence-corrected chi connectivity index (χ3v) is 5.29. The number of nitrogens with zero attached hydrogens (tertiary/aromatic N) is 1. The number of ether oxygens (including phenoxy) is 1. The van der Waals surface area contributed by atoms with Gasteiger partial charge in [-0.1, -0.05) is 6.42 Å². The van der Waals surface area contributed by atoms with E-state index in [4.69, 9.17) is 4.74 Å². The highest BCUT2D eigenvalue weighted by Crippen LogP contribution is 2.49. The molecule has 2 aliphatic carbocycles. The molecule has 0 aromatic heterocycles. The van der Waals surface area contributed by atoms with E-state index < -0.39 is 0 Å². The summed E-state index contributed by atoms with van der Waals surface area (Å²) in [6.45, 7) is 6.02. The minimum Gasteiger partial charge on any atom is -0.379 e. The number of fused-ring (bicyclic) bond motifs is 2. The van der Waals surface area contributed by atoms with Crippen LogP contribution in [-0.4, -0.2) is 49.7 Å². The molecule has 1 aliphatic heterocycles. The molecular weight excluding hydrogens is 240 g/mol. The van der Waals surface area contributed by atoms with Crippen molar-refractivity contribution in [3.05, 3.63) is 0 Å². The molecule has 3 aliphatic rings. The van der Waals surface area contributed by atoms with Crippen molar-refractivity contribution in [3.8, 4) is 0 Å². The average Bonchev–Trinajstić information content (AvgIpc) is 3.02. The van der Waals surface area contributed by atoms with Gasteiger partial charge in [-0.3, -0.25) is 9.69 Å². The maximum Gasteiger partial charge on any atom is 0.234 e. The second-order valence-corrected chi connectivity index (χ2v) is 6.58. The van der Waals surface area contributed by atoms with Gasteiger partial charge in [0.1, 0.15) is 0 Å². The van der Waals surface area contributed by atoms with Crippen LogP contribution in [0.2, 0.25) is 0 Å². The number of carbonyl (C=O) groups is 1. The van der Waals surface area contributed by atoms with Gasteiger partial charge >= 0.3 is 0 Å². The molecule has 0 unspecified atom stereocenters. The zero-order valence-corrected chi connectivity index (χ0v) is 11.9. The molecule has 0 aromatic carbocycles. The Morgan fingerprint density at radius 2 is 2.11 bits per heavy atom. The standard InChI is InChI=1S/C15H26N2O2/c1-11(14-9-12-2-3-13(14)8-12)16-15(18)10-17-4-6-19-7-5-17/h11-14H,2-10H2,1H3,(H,16,18)/t11-,12-,13-,14-/m1/s1. The molecule has 1 N–H and O–H groups in total. The summed E-state index contributed by atoms with van der Waals surface area (Å²) < 4.78 is 5.30. The first-order chi connectivity index (χ1) is 9.22. The lowest BCUT2D eigenvalue weighted by Crippen LogP contribution is -2.47. The van der Waals surface area contributed by atoms with E-state index >= 15 is 0 Å². The number of rotatable bonds is 4. The van der Waals surface area contributed by atoms with E-state index in [9.17, 15) is 4.79 Å². The Morgan fingerprint density at radius 3 is 2.74 bits per heavy atom. The summed E-state index contributed by atoms with van der Waals surface area (Å²) >= 11 is 0. The fourth-order valence-electron chi connectivity index (χ4n) is 4.28. The molecule has 3 rings (SSSR count). The summed E-state index contributed by atoms with van der Waals surface area (Å²) in [5, 5.41) is 3.23. The lowest BCUT2D eigenvalue weighted by molar-refractivity contribution is -0.124. The second-order valence-electron chi connectivity index (χ2n) is 6.58. The van der Waals surface area contributed by atoms with Crippen molar-refractivity contribution in [1.29, 1.82) is 0 Å². The molecule has 4 nitrogen and oxygen atoms in total. The van der Waals surface area contributed by atoms with Crippen molar-refractivity contribution in [3.63, 3.8) is 0 Å². The van der Waals surface area contributed by atoms with Gasteiger partial charge in [-0.25, -0.2) is 0 Å². The molecule has 1 heterocycles. The maximum atomic E-state index is 12.1. The minimum absolute atomic E-state index is 0.192. The summed E-state index contributed by atoms with van der Waals surface area (Å²) in [4.78, 5) is 14.3. The monoisotopic (exact) mass is 266 g/mol. The summed E-state index contributed by atoms with van der Waals surface area (Å²) in [5.74, 6) is 2.75. The van der Waals surface area contributed by atoms with E-state index in [0.29, 0.717) is 12.6 Å². The van der Waals surface area contributed by atoms with Gasteiger partial charge in [0.05, 0.1) is 19.8 Å². The number of morpholine rings is 1. The number of amides is 1. The summed E-state index contributed by atoms with van der Waals surface area (Å²) in [6, 6.07) is 0.351. The van der Waals surface area contributed by atoms with Gasteiger partial charge in [0.15, 0.2) is 0 Å². The molecule has 3 fully saturated rings. The molecule has 2 saturated carbocycles. The number of nitrogens with one attached hydrogen (secondary N) is 1. The van der Waals surface area contributed by atoms with Crippen LogP contribution in [0.1, 0.15) is 32.6 Å². The molecule has 4 heteroatoms. The van der Waals surface area contributed by atoms with Crippen molar-refractivity contribution < 1.29 is 9.53 Å². The Balaban J connectivity index is 1.43. The normalized spacial score (nSPS) is 36.4. The highest BCUT2D eigenvalue weighted by atomic mass is 16.5. The molecule has 2 bridgehead atoms. The van der Waals surface area contributed by atoms with Crippen LogP contribution in [-0.2, 0) is 9.53 Å². The molecule has 1 saturated heterocycles.